The second kappa shape index (κ2) is 5.82. The Kier molecular flexibility index (Phi) is 4.15. The van der Waals surface area contributed by atoms with Gasteiger partial charge >= 0.3 is 0 Å². The van der Waals surface area contributed by atoms with Crippen LogP contribution in [0.25, 0.3) is 0 Å². The van der Waals surface area contributed by atoms with Crippen LogP contribution >= 0.6 is 0 Å². The quantitative estimate of drug-likeness (QED) is 0.879. The number of rotatable bonds is 3. The van der Waals surface area contributed by atoms with Crippen molar-refractivity contribution in [3.05, 3.63) is 24.0 Å². The van der Waals surface area contributed by atoms with Gasteiger partial charge in [0.15, 0.2) is 0 Å². The molecule has 2 heterocycles. The monoisotopic (exact) mass is 249 g/mol. The average Bonchev–Trinajstić information content (AvgIpc) is 2.39. The topological polar surface area (TPSA) is 54.5 Å². The highest BCUT2D eigenvalue weighted by Crippen LogP contribution is 2.17. The summed E-state index contributed by atoms with van der Waals surface area (Å²) in [5.41, 5.74) is 1.48. The van der Waals surface area contributed by atoms with Crippen LogP contribution in [-0.4, -0.2) is 48.1 Å². The molecule has 1 fully saturated rings. The number of pyridine rings is 1. The minimum Gasteiger partial charge on any atom is -0.383 e. The first-order valence-corrected chi connectivity index (χ1v) is 6.31. The van der Waals surface area contributed by atoms with Gasteiger partial charge in [0, 0.05) is 25.8 Å². The Labute approximate surface area is 107 Å². The molecule has 1 aliphatic rings. The van der Waals surface area contributed by atoms with E-state index < -0.39 is 0 Å². The molecule has 1 unspecified atom stereocenters. The van der Waals surface area contributed by atoms with Crippen LogP contribution in [0.3, 0.4) is 0 Å². The Hall–Kier alpha value is -1.62. The van der Waals surface area contributed by atoms with Crippen molar-refractivity contribution in [2.24, 2.45) is 0 Å². The van der Waals surface area contributed by atoms with E-state index in [-0.39, 0.29) is 12.0 Å². The lowest BCUT2D eigenvalue weighted by Crippen LogP contribution is -2.44. The van der Waals surface area contributed by atoms with Gasteiger partial charge in [-0.25, -0.2) is 0 Å². The molecule has 0 aromatic carbocycles. The first kappa shape index (κ1) is 12.8. The molecule has 0 spiro atoms. The van der Waals surface area contributed by atoms with Gasteiger partial charge < -0.3 is 15.0 Å². The van der Waals surface area contributed by atoms with Crippen LogP contribution in [0.4, 0.5) is 5.69 Å². The molecule has 98 valence electrons. The second-order valence-electron chi connectivity index (χ2n) is 4.38. The van der Waals surface area contributed by atoms with Gasteiger partial charge in [-0.15, -0.1) is 0 Å². The van der Waals surface area contributed by atoms with Crippen LogP contribution < -0.4 is 5.32 Å². The van der Waals surface area contributed by atoms with Crippen molar-refractivity contribution in [3.63, 3.8) is 0 Å². The van der Waals surface area contributed by atoms with E-state index in [9.17, 15) is 4.79 Å². The molecule has 5 heteroatoms. The van der Waals surface area contributed by atoms with Gasteiger partial charge in [-0.3, -0.25) is 9.78 Å². The van der Waals surface area contributed by atoms with Crippen molar-refractivity contribution in [1.82, 2.24) is 9.88 Å². The Balaban J connectivity index is 2.17. The first-order valence-electron chi connectivity index (χ1n) is 6.31. The molecule has 1 atom stereocenters. The van der Waals surface area contributed by atoms with E-state index in [0.717, 1.165) is 12.2 Å². The number of amides is 1. The number of morpholine rings is 1. The molecule has 1 aromatic rings. The molecular formula is C13H19N3O2. The minimum atomic E-state index is 0.0449. The number of hydrogen-bond donors (Lipinski definition) is 1. The molecule has 1 aromatic heterocycles. The van der Waals surface area contributed by atoms with Gasteiger partial charge in [-0.1, -0.05) is 0 Å². The number of carbonyl (C=O) groups is 1. The summed E-state index contributed by atoms with van der Waals surface area (Å²) in [5.74, 6) is 0.0449. The lowest BCUT2D eigenvalue weighted by atomic mass is 10.1. The van der Waals surface area contributed by atoms with Crippen molar-refractivity contribution in [3.8, 4) is 0 Å². The number of carbonyl (C=O) groups excluding carboxylic acids is 1. The first-order chi connectivity index (χ1) is 8.72. The second-order valence-corrected chi connectivity index (χ2v) is 4.38. The van der Waals surface area contributed by atoms with Crippen LogP contribution in [0.1, 0.15) is 24.2 Å². The lowest BCUT2D eigenvalue weighted by molar-refractivity contribution is -0.0123. The fourth-order valence-electron chi connectivity index (χ4n) is 2.09. The Morgan fingerprint density at radius 3 is 3.22 bits per heavy atom. The molecule has 5 nitrogen and oxygen atoms in total. The number of nitrogens with one attached hydrogen (secondary N) is 1. The third-order valence-corrected chi connectivity index (χ3v) is 2.95. The van der Waals surface area contributed by atoms with E-state index in [1.54, 1.807) is 18.5 Å². The molecule has 0 saturated carbocycles. The van der Waals surface area contributed by atoms with Gasteiger partial charge in [-0.2, -0.15) is 0 Å². The molecule has 0 aliphatic carbocycles. The Morgan fingerprint density at radius 1 is 1.67 bits per heavy atom. The van der Waals surface area contributed by atoms with E-state index in [0.29, 0.717) is 25.3 Å². The van der Waals surface area contributed by atoms with Gasteiger partial charge in [0.25, 0.3) is 5.91 Å². The van der Waals surface area contributed by atoms with Crippen LogP contribution in [-0.2, 0) is 4.74 Å². The zero-order chi connectivity index (χ0) is 13.0. The molecule has 1 aliphatic heterocycles. The standard InChI is InChI=1S/C13H19N3O2/c1-3-15-12-8-14-5-4-11(12)13(17)16-6-7-18-10(2)9-16/h4-5,8,10,15H,3,6-7,9H2,1-2H3. The number of nitrogens with zero attached hydrogens (tertiary/aromatic N) is 2. The van der Waals surface area contributed by atoms with Crippen molar-refractivity contribution in [2.75, 3.05) is 31.6 Å². The summed E-state index contributed by atoms with van der Waals surface area (Å²) < 4.78 is 5.45. The lowest BCUT2D eigenvalue weighted by Gasteiger charge is -2.31. The third-order valence-electron chi connectivity index (χ3n) is 2.95. The zero-order valence-electron chi connectivity index (χ0n) is 10.8. The highest BCUT2D eigenvalue weighted by molar-refractivity contribution is 5.99. The number of ether oxygens (including phenoxy) is 1. The highest BCUT2D eigenvalue weighted by atomic mass is 16.5. The van der Waals surface area contributed by atoms with Crippen molar-refractivity contribution in [2.45, 2.75) is 20.0 Å². The summed E-state index contributed by atoms with van der Waals surface area (Å²) in [6, 6.07) is 1.76. The van der Waals surface area contributed by atoms with E-state index in [1.807, 2.05) is 18.7 Å². The fourth-order valence-corrected chi connectivity index (χ4v) is 2.09. The number of hydrogen-bond acceptors (Lipinski definition) is 4. The molecule has 0 radical (unpaired) electrons. The molecular weight excluding hydrogens is 230 g/mol. The minimum absolute atomic E-state index is 0.0449. The molecule has 1 saturated heterocycles. The van der Waals surface area contributed by atoms with Gasteiger partial charge in [0.05, 0.1) is 30.2 Å². The largest absolute Gasteiger partial charge is 0.383 e. The number of anilines is 1. The maximum atomic E-state index is 12.4. The molecule has 1 amide bonds. The predicted molar refractivity (Wildman–Crippen MR) is 69.7 cm³/mol. The van der Waals surface area contributed by atoms with E-state index >= 15 is 0 Å². The smallest absolute Gasteiger partial charge is 0.256 e. The van der Waals surface area contributed by atoms with E-state index in [1.165, 1.54) is 0 Å². The highest BCUT2D eigenvalue weighted by Gasteiger charge is 2.24. The maximum Gasteiger partial charge on any atom is 0.256 e. The van der Waals surface area contributed by atoms with E-state index in [4.69, 9.17) is 4.74 Å². The van der Waals surface area contributed by atoms with Crippen molar-refractivity contribution < 1.29 is 9.53 Å². The normalized spacial score (nSPS) is 19.7. The van der Waals surface area contributed by atoms with E-state index in [2.05, 4.69) is 10.3 Å². The van der Waals surface area contributed by atoms with Gasteiger partial charge in [-0.05, 0) is 19.9 Å². The molecule has 2 rings (SSSR count). The van der Waals surface area contributed by atoms with Crippen LogP contribution in [0.5, 0.6) is 0 Å². The van der Waals surface area contributed by atoms with Gasteiger partial charge in [0.1, 0.15) is 0 Å². The zero-order valence-corrected chi connectivity index (χ0v) is 10.8. The number of aromatic nitrogens is 1. The van der Waals surface area contributed by atoms with Crippen molar-refractivity contribution >= 4 is 11.6 Å². The van der Waals surface area contributed by atoms with Crippen LogP contribution in [0, 0.1) is 0 Å². The SMILES string of the molecule is CCNc1cnccc1C(=O)N1CCOC(C)C1. The summed E-state index contributed by atoms with van der Waals surface area (Å²) in [7, 11) is 0. The summed E-state index contributed by atoms with van der Waals surface area (Å²) in [6.07, 6.45) is 3.45. The predicted octanol–water partition coefficient (Wildman–Crippen LogP) is 1.37. The van der Waals surface area contributed by atoms with Crippen LogP contribution in [0.15, 0.2) is 18.5 Å². The van der Waals surface area contributed by atoms with Gasteiger partial charge in [0.2, 0.25) is 0 Å². The summed E-state index contributed by atoms with van der Waals surface area (Å²) in [6.45, 7) is 6.65. The summed E-state index contributed by atoms with van der Waals surface area (Å²) in [4.78, 5) is 18.3. The third kappa shape index (κ3) is 2.79. The molecule has 18 heavy (non-hydrogen) atoms. The Morgan fingerprint density at radius 2 is 2.50 bits per heavy atom. The van der Waals surface area contributed by atoms with Crippen LogP contribution in [0.2, 0.25) is 0 Å². The maximum absolute atomic E-state index is 12.4. The fraction of sp³-hybridized carbons (Fsp3) is 0.538. The summed E-state index contributed by atoms with van der Waals surface area (Å²) in [5, 5.41) is 3.17. The molecule has 0 bridgehead atoms. The Bertz CT molecular complexity index is 422. The average molecular weight is 249 g/mol. The molecule has 1 N–H and O–H groups in total. The summed E-state index contributed by atoms with van der Waals surface area (Å²) >= 11 is 0. The van der Waals surface area contributed by atoms with Crippen molar-refractivity contribution in [1.29, 1.82) is 0 Å².